The lowest BCUT2D eigenvalue weighted by Gasteiger charge is -2.29. The summed E-state index contributed by atoms with van der Waals surface area (Å²) in [4.78, 5) is 35.2. The van der Waals surface area contributed by atoms with E-state index in [1.807, 2.05) is 0 Å². The molecule has 0 radical (unpaired) electrons. The molecule has 2 amide bonds. The van der Waals surface area contributed by atoms with Gasteiger partial charge in [0.05, 0.1) is 31.7 Å². The number of benzene rings is 1. The van der Waals surface area contributed by atoms with E-state index in [-0.39, 0.29) is 5.69 Å². The van der Waals surface area contributed by atoms with E-state index in [0.29, 0.717) is 35.8 Å². The molecular formula is C26H34N4O7. The van der Waals surface area contributed by atoms with Crippen molar-refractivity contribution in [2.45, 2.75) is 59.0 Å². The lowest BCUT2D eigenvalue weighted by atomic mass is 10.0. The van der Waals surface area contributed by atoms with Crippen molar-refractivity contribution in [1.29, 1.82) is 0 Å². The molecule has 11 nitrogen and oxygen atoms in total. The Morgan fingerprint density at radius 2 is 1.68 bits per heavy atom. The number of hydrogen-bond donors (Lipinski definition) is 1. The van der Waals surface area contributed by atoms with Gasteiger partial charge in [-0.25, -0.2) is 14.5 Å². The molecule has 1 aliphatic heterocycles. The normalized spacial score (nSPS) is 14.8. The molecule has 2 heterocycles. The van der Waals surface area contributed by atoms with Crippen molar-refractivity contribution in [3.63, 3.8) is 0 Å². The van der Waals surface area contributed by atoms with Gasteiger partial charge in [0.25, 0.3) is 0 Å². The molecule has 200 valence electrons. The Bertz CT molecular complexity index is 1160. The highest BCUT2D eigenvalue weighted by Gasteiger charge is 2.33. The molecule has 0 unspecified atom stereocenters. The van der Waals surface area contributed by atoms with Crippen LogP contribution in [0.5, 0.6) is 5.75 Å². The second-order valence-corrected chi connectivity index (χ2v) is 10.2. The minimum atomic E-state index is -0.959. The fourth-order valence-electron chi connectivity index (χ4n) is 3.38. The van der Waals surface area contributed by atoms with Gasteiger partial charge in [0.2, 0.25) is 5.96 Å². The molecular weight excluding hydrogens is 480 g/mol. The molecule has 0 saturated carbocycles. The van der Waals surface area contributed by atoms with Gasteiger partial charge in [-0.3, -0.25) is 4.98 Å². The number of nitrogens with two attached hydrogens (primary N) is 1. The first kappa shape index (κ1) is 27.9. The minimum absolute atomic E-state index is 0.244. The number of aliphatic imine (C=N–C) groups is 1. The summed E-state index contributed by atoms with van der Waals surface area (Å²) >= 11 is 0. The van der Waals surface area contributed by atoms with Crippen molar-refractivity contribution in [3.8, 4) is 17.0 Å². The van der Waals surface area contributed by atoms with Gasteiger partial charge in [0.15, 0.2) is 6.29 Å². The standard InChI is InChI=1S/C26H34N4O7/c1-25(2,3)36-23(31)29-22(27)30(24(32)37-26(4,5)6)20-14-16(19-15-17(33-7)10-11-28-19)8-9-18(20)21-34-12-13-35-21/h8-11,14-15,21H,12-13H2,1-7H3,(H2,27,29,31). The van der Waals surface area contributed by atoms with E-state index in [0.717, 1.165) is 4.90 Å². The molecule has 37 heavy (non-hydrogen) atoms. The highest BCUT2D eigenvalue weighted by atomic mass is 16.7. The molecule has 1 saturated heterocycles. The van der Waals surface area contributed by atoms with Crippen LogP contribution in [0.25, 0.3) is 11.3 Å². The Morgan fingerprint density at radius 3 is 2.27 bits per heavy atom. The number of hydrogen-bond acceptors (Lipinski definition) is 8. The zero-order chi connectivity index (χ0) is 27.4. The first-order valence-electron chi connectivity index (χ1n) is 11.8. The highest BCUT2D eigenvalue weighted by molar-refractivity contribution is 6.16. The molecule has 0 atom stereocenters. The summed E-state index contributed by atoms with van der Waals surface area (Å²) < 4.78 is 27.6. The van der Waals surface area contributed by atoms with Crippen LogP contribution in [-0.4, -0.2) is 54.7 Å². The molecule has 1 aromatic carbocycles. The highest BCUT2D eigenvalue weighted by Crippen LogP contribution is 2.36. The molecule has 1 aromatic heterocycles. The predicted octanol–water partition coefficient (Wildman–Crippen LogP) is 4.79. The van der Waals surface area contributed by atoms with Gasteiger partial charge in [0.1, 0.15) is 17.0 Å². The van der Waals surface area contributed by atoms with Gasteiger partial charge in [-0.15, -0.1) is 4.99 Å². The van der Waals surface area contributed by atoms with Crippen LogP contribution >= 0.6 is 0 Å². The zero-order valence-corrected chi connectivity index (χ0v) is 22.2. The summed E-state index contributed by atoms with van der Waals surface area (Å²) in [5.74, 6) is 0.159. The van der Waals surface area contributed by atoms with Crippen molar-refractivity contribution < 1.29 is 33.3 Å². The largest absolute Gasteiger partial charge is 0.497 e. The number of ether oxygens (including phenoxy) is 5. The summed E-state index contributed by atoms with van der Waals surface area (Å²) in [6.45, 7) is 11.0. The molecule has 0 aliphatic carbocycles. The maximum atomic E-state index is 13.5. The van der Waals surface area contributed by atoms with Crippen LogP contribution in [0.1, 0.15) is 53.4 Å². The van der Waals surface area contributed by atoms with Crippen molar-refractivity contribution in [3.05, 3.63) is 42.1 Å². The smallest absolute Gasteiger partial charge is 0.437 e. The van der Waals surface area contributed by atoms with Crippen LogP contribution in [0.3, 0.4) is 0 Å². The van der Waals surface area contributed by atoms with E-state index in [1.165, 1.54) is 0 Å². The first-order chi connectivity index (χ1) is 17.3. The van der Waals surface area contributed by atoms with Gasteiger partial charge in [-0.1, -0.05) is 12.1 Å². The molecule has 11 heteroatoms. The van der Waals surface area contributed by atoms with Gasteiger partial charge in [0, 0.05) is 23.4 Å². The van der Waals surface area contributed by atoms with Crippen molar-refractivity contribution in [2.75, 3.05) is 25.2 Å². The van der Waals surface area contributed by atoms with Gasteiger partial charge in [-0.05, 0) is 53.7 Å². The van der Waals surface area contributed by atoms with Crippen LogP contribution in [0.2, 0.25) is 0 Å². The number of rotatable bonds is 4. The lowest BCUT2D eigenvalue weighted by Crippen LogP contribution is -2.46. The van der Waals surface area contributed by atoms with E-state index in [4.69, 9.17) is 29.4 Å². The number of guanidine groups is 1. The number of pyridine rings is 1. The third-order valence-electron chi connectivity index (χ3n) is 4.81. The maximum absolute atomic E-state index is 13.5. The molecule has 1 aliphatic rings. The monoisotopic (exact) mass is 514 g/mol. The average molecular weight is 515 g/mol. The van der Waals surface area contributed by atoms with Crippen LogP contribution in [-0.2, 0) is 18.9 Å². The number of methoxy groups -OCH3 is 1. The predicted molar refractivity (Wildman–Crippen MR) is 137 cm³/mol. The number of carbonyl (C=O) groups is 2. The first-order valence-corrected chi connectivity index (χ1v) is 11.8. The second-order valence-electron chi connectivity index (χ2n) is 10.2. The fraction of sp³-hybridized carbons (Fsp3) is 0.462. The summed E-state index contributed by atoms with van der Waals surface area (Å²) in [6, 6.07) is 8.68. The fourth-order valence-corrected chi connectivity index (χ4v) is 3.38. The number of carbonyl (C=O) groups excluding carboxylic acids is 2. The van der Waals surface area contributed by atoms with Crippen LogP contribution in [0.4, 0.5) is 15.3 Å². The summed E-state index contributed by atoms with van der Waals surface area (Å²) in [6.07, 6.45) is -0.984. The van der Waals surface area contributed by atoms with Gasteiger partial charge < -0.3 is 29.4 Å². The number of anilines is 1. The van der Waals surface area contributed by atoms with E-state index >= 15 is 0 Å². The molecule has 0 bridgehead atoms. The lowest BCUT2D eigenvalue weighted by molar-refractivity contribution is -0.0436. The molecule has 1 fully saturated rings. The van der Waals surface area contributed by atoms with E-state index in [9.17, 15) is 9.59 Å². The summed E-state index contributed by atoms with van der Waals surface area (Å²) in [7, 11) is 1.56. The van der Waals surface area contributed by atoms with Crippen molar-refractivity contribution in [1.82, 2.24) is 4.98 Å². The van der Waals surface area contributed by atoms with Crippen molar-refractivity contribution in [2.24, 2.45) is 10.7 Å². The van der Waals surface area contributed by atoms with Gasteiger partial charge >= 0.3 is 12.2 Å². The number of nitrogens with zero attached hydrogens (tertiary/aromatic N) is 3. The number of amides is 2. The minimum Gasteiger partial charge on any atom is -0.497 e. The van der Waals surface area contributed by atoms with Crippen LogP contribution in [0, 0.1) is 0 Å². The van der Waals surface area contributed by atoms with E-state index in [2.05, 4.69) is 9.98 Å². The summed E-state index contributed by atoms with van der Waals surface area (Å²) in [5, 5.41) is 0. The third-order valence-corrected chi connectivity index (χ3v) is 4.81. The van der Waals surface area contributed by atoms with Crippen LogP contribution in [0.15, 0.2) is 41.5 Å². The topological polar surface area (TPSA) is 135 Å². The molecule has 2 N–H and O–H groups in total. The SMILES string of the molecule is COc1ccnc(-c2ccc(C3OCCO3)c(N(C(=O)OC(C)(C)C)C(N)=NC(=O)OC(C)(C)C)c2)c1. The Hall–Kier alpha value is -3.70. The number of aromatic nitrogens is 1. The molecule has 0 spiro atoms. The quantitative estimate of drug-likeness (QED) is 0.451. The Labute approximate surface area is 216 Å². The van der Waals surface area contributed by atoms with E-state index in [1.54, 1.807) is 85.2 Å². The van der Waals surface area contributed by atoms with Crippen LogP contribution < -0.4 is 15.4 Å². The Balaban J connectivity index is 2.18. The summed E-state index contributed by atoms with van der Waals surface area (Å²) in [5.41, 5.74) is 6.51. The second kappa shape index (κ2) is 11.1. The molecule has 3 rings (SSSR count). The third kappa shape index (κ3) is 7.64. The Morgan fingerprint density at radius 1 is 1.03 bits per heavy atom. The maximum Gasteiger partial charge on any atom is 0.437 e. The van der Waals surface area contributed by atoms with E-state index < -0.39 is 35.6 Å². The zero-order valence-electron chi connectivity index (χ0n) is 22.2. The van der Waals surface area contributed by atoms with Crippen molar-refractivity contribution >= 4 is 23.8 Å². The molecule has 2 aromatic rings. The Kier molecular flexibility index (Phi) is 8.39. The average Bonchev–Trinajstić information content (AvgIpc) is 3.31. The van der Waals surface area contributed by atoms with Gasteiger partial charge in [-0.2, -0.15) is 0 Å².